The van der Waals surface area contributed by atoms with Gasteiger partial charge in [0.25, 0.3) is 5.91 Å². The van der Waals surface area contributed by atoms with E-state index >= 15 is 0 Å². The van der Waals surface area contributed by atoms with Crippen LogP contribution in [0.25, 0.3) is 11.1 Å². The summed E-state index contributed by atoms with van der Waals surface area (Å²) >= 11 is 0. The molecule has 0 unspecified atom stereocenters. The molecular formula is C25H30N8O3. The lowest BCUT2D eigenvalue weighted by molar-refractivity contribution is 0.00479. The zero-order valence-corrected chi connectivity index (χ0v) is 20.3. The normalized spacial score (nSPS) is 16.8. The van der Waals surface area contributed by atoms with E-state index in [1.807, 2.05) is 49.6 Å². The van der Waals surface area contributed by atoms with E-state index in [0.29, 0.717) is 63.3 Å². The number of amides is 1. The number of likely N-dealkylation sites (tertiary alicyclic amines) is 1. The van der Waals surface area contributed by atoms with E-state index in [4.69, 9.17) is 14.7 Å². The molecule has 0 aliphatic carbocycles. The molecule has 1 amide bonds. The number of aliphatic imine (C=N–C) groups is 2. The van der Waals surface area contributed by atoms with Crippen molar-refractivity contribution in [2.24, 2.45) is 9.98 Å². The number of benzene rings is 1. The van der Waals surface area contributed by atoms with Crippen molar-refractivity contribution >= 4 is 24.3 Å². The Bertz CT molecular complexity index is 1250. The van der Waals surface area contributed by atoms with Crippen molar-refractivity contribution < 1.29 is 14.6 Å². The Kier molecular flexibility index (Phi) is 6.92. The molecule has 1 aromatic carbocycles. The summed E-state index contributed by atoms with van der Waals surface area (Å²) in [6.45, 7) is 9.49. The number of aliphatic hydroxyl groups excluding tert-OH is 1. The highest BCUT2D eigenvalue weighted by Crippen LogP contribution is 2.26. The van der Waals surface area contributed by atoms with Crippen molar-refractivity contribution in [2.75, 3.05) is 39.4 Å². The van der Waals surface area contributed by atoms with Gasteiger partial charge in [0, 0.05) is 44.5 Å². The van der Waals surface area contributed by atoms with Crippen molar-refractivity contribution in [1.29, 1.82) is 0 Å². The molecule has 0 bridgehead atoms. The molecule has 2 aliphatic heterocycles. The predicted molar refractivity (Wildman–Crippen MR) is 136 cm³/mol. The highest BCUT2D eigenvalue weighted by Gasteiger charge is 2.34. The minimum Gasteiger partial charge on any atom is -0.389 e. The second-order valence-electron chi connectivity index (χ2n) is 8.73. The average Bonchev–Trinajstić information content (AvgIpc) is 3.52. The van der Waals surface area contributed by atoms with E-state index in [2.05, 4.69) is 21.7 Å². The van der Waals surface area contributed by atoms with Crippen LogP contribution in [-0.2, 0) is 18.0 Å². The number of imidazole rings is 1. The lowest BCUT2D eigenvalue weighted by Gasteiger charge is -2.35. The molecule has 5 rings (SSSR count). The molecule has 0 atom stereocenters. The fraction of sp³-hybridized carbons (Fsp3) is 0.400. The Hall–Kier alpha value is -3.83. The average molecular weight is 491 g/mol. The zero-order chi connectivity index (χ0) is 25.1. The fourth-order valence-electron chi connectivity index (χ4n) is 4.44. The van der Waals surface area contributed by atoms with Crippen molar-refractivity contribution in [3.05, 3.63) is 54.2 Å². The predicted octanol–water partition coefficient (Wildman–Crippen LogP) is 1.65. The van der Waals surface area contributed by atoms with E-state index in [-0.39, 0.29) is 18.4 Å². The molecule has 11 nitrogen and oxygen atoms in total. The molecule has 188 valence electrons. The molecule has 0 spiro atoms. The number of aliphatic hydroxyl groups is 1. The third-order valence-electron chi connectivity index (χ3n) is 6.38. The Morgan fingerprint density at radius 3 is 2.58 bits per heavy atom. The third-order valence-corrected chi connectivity index (χ3v) is 6.38. The second kappa shape index (κ2) is 10.4. The van der Waals surface area contributed by atoms with Crippen LogP contribution in [0, 0.1) is 0 Å². The van der Waals surface area contributed by atoms with E-state index in [9.17, 15) is 9.90 Å². The maximum Gasteiger partial charge on any atom is 0.290 e. The van der Waals surface area contributed by atoms with Gasteiger partial charge < -0.3 is 24.2 Å². The molecule has 4 heterocycles. The number of carbonyl (C=O) groups is 1. The monoisotopic (exact) mass is 490 g/mol. The number of nitrogens with zero attached hydrogens (tertiary/aromatic N) is 8. The number of ether oxygens (including phenoxy) is 1. The van der Waals surface area contributed by atoms with Gasteiger partial charge in [-0.25, -0.2) is 15.0 Å². The van der Waals surface area contributed by atoms with Crippen LogP contribution < -0.4 is 0 Å². The Morgan fingerprint density at radius 1 is 1.17 bits per heavy atom. The largest absolute Gasteiger partial charge is 0.389 e. The van der Waals surface area contributed by atoms with Crippen molar-refractivity contribution in [1.82, 2.24) is 29.1 Å². The molecule has 2 saturated heterocycles. The van der Waals surface area contributed by atoms with Gasteiger partial charge >= 0.3 is 0 Å². The first-order valence-electron chi connectivity index (χ1n) is 12.1. The number of rotatable bonds is 7. The quantitative estimate of drug-likeness (QED) is 0.398. The molecule has 36 heavy (non-hydrogen) atoms. The van der Waals surface area contributed by atoms with Gasteiger partial charge in [0.05, 0.1) is 25.5 Å². The highest BCUT2D eigenvalue weighted by molar-refractivity contribution is 6.03. The third kappa shape index (κ3) is 4.67. The van der Waals surface area contributed by atoms with E-state index < -0.39 is 6.10 Å². The molecule has 3 aromatic rings. The van der Waals surface area contributed by atoms with Gasteiger partial charge in [0.15, 0.2) is 17.3 Å². The topological polar surface area (TPSA) is 113 Å². The van der Waals surface area contributed by atoms with Crippen molar-refractivity contribution in [3.63, 3.8) is 0 Å². The number of β-amino-alcohol motifs (C(OH)–C–C–N with tert-alkyl or cyclic N) is 1. The van der Waals surface area contributed by atoms with Crippen LogP contribution >= 0.6 is 0 Å². The van der Waals surface area contributed by atoms with E-state index in [0.717, 1.165) is 11.1 Å². The van der Waals surface area contributed by atoms with Gasteiger partial charge in [0.1, 0.15) is 6.67 Å². The smallest absolute Gasteiger partial charge is 0.290 e. The molecule has 2 fully saturated rings. The van der Waals surface area contributed by atoms with Gasteiger partial charge in [-0.3, -0.25) is 9.48 Å². The SMILES string of the molecule is C=Nc1c(/C(=N\Cn2cc(-c3ccccc3)cn2)N2CCOCC2)nc(C(=O)N2CC(O)C2)n1CC. The fourth-order valence-corrected chi connectivity index (χ4v) is 4.44. The molecule has 2 aromatic heterocycles. The van der Waals surface area contributed by atoms with Gasteiger partial charge in [-0.2, -0.15) is 5.10 Å². The lowest BCUT2D eigenvalue weighted by atomic mass is 10.1. The summed E-state index contributed by atoms with van der Waals surface area (Å²) in [7, 11) is 0. The van der Waals surface area contributed by atoms with Gasteiger partial charge in [-0.15, -0.1) is 0 Å². The Labute approximate surface area is 209 Å². The number of hydrogen-bond acceptors (Lipinski definition) is 7. The molecule has 0 saturated carbocycles. The number of carbonyl (C=O) groups excluding carboxylic acids is 1. The number of aromatic nitrogens is 4. The molecule has 11 heteroatoms. The molecule has 1 N–H and O–H groups in total. The van der Waals surface area contributed by atoms with Crippen LogP contribution in [0.5, 0.6) is 0 Å². The number of hydrogen-bond donors (Lipinski definition) is 1. The minimum atomic E-state index is -0.490. The summed E-state index contributed by atoms with van der Waals surface area (Å²) < 4.78 is 9.08. The zero-order valence-electron chi connectivity index (χ0n) is 20.3. The minimum absolute atomic E-state index is 0.237. The van der Waals surface area contributed by atoms with Crippen LogP contribution in [-0.4, -0.2) is 98.2 Å². The van der Waals surface area contributed by atoms with Crippen LogP contribution in [0.1, 0.15) is 23.2 Å². The first-order chi connectivity index (χ1) is 17.6. The Balaban J connectivity index is 1.49. The molecular weight excluding hydrogens is 460 g/mol. The summed E-state index contributed by atoms with van der Waals surface area (Å²) in [4.78, 5) is 30.7. The standard InChI is InChI=1S/C25H30N8O3/c1-3-33-22(26-2)21(29-24(33)25(35)31-15-20(34)16-31)23(30-9-11-36-12-10-30)27-17-32-14-19(13-28-32)18-7-5-4-6-8-18/h4-8,13-14,20,34H,2-3,9-12,15-17H2,1H3/b27-23+. The molecule has 2 aliphatic rings. The molecule has 0 radical (unpaired) electrons. The van der Waals surface area contributed by atoms with Gasteiger partial charge in [-0.1, -0.05) is 30.3 Å². The summed E-state index contributed by atoms with van der Waals surface area (Å²) in [6, 6.07) is 10.1. The van der Waals surface area contributed by atoms with Gasteiger partial charge in [0.2, 0.25) is 5.82 Å². The van der Waals surface area contributed by atoms with Crippen LogP contribution in [0.4, 0.5) is 5.82 Å². The lowest BCUT2D eigenvalue weighted by Crippen LogP contribution is -2.54. The van der Waals surface area contributed by atoms with Crippen LogP contribution in [0.15, 0.2) is 52.7 Å². The van der Waals surface area contributed by atoms with E-state index in [1.165, 1.54) is 0 Å². The summed E-state index contributed by atoms with van der Waals surface area (Å²) in [5.41, 5.74) is 2.60. The van der Waals surface area contributed by atoms with Crippen LogP contribution in [0.2, 0.25) is 0 Å². The highest BCUT2D eigenvalue weighted by atomic mass is 16.5. The van der Waals surface area contributed by atoms with Crippen molar-refractivity contribution in [3.8, 4) is 11.1 Å². The first kappa shape index (κ1) is 23.9. The second-order valence-corrected chi connectivity index (χ2v) is 8.73. The number of morpholine rings is 1. The van der Waals surface area contributed by atoms with Crippen LogP contribution in [0.3, 0.4) is 0 Å². The first-order valence-corrected chi connectivity index (χ1v) is 12.1. The van der Waals surface area contributed by atoms with E-state index in [1.54, 1.807) is 14.1 Å². The summed E-state index contributed by atoms with van der Waals surface area (Å²) in [5, 5.41) is 14.1. The summed E-state index contributed by atoms with van der Waals surface area (Å²) in [6.07, 6.45) is 3.29. The maximum atomic E-state index is 13.1. The maximum absolute atomic E-state index is 13.1. The van der Waals surface area contributed by atoms with Gasteiger partial charge in [-0.05, 0) is 19.2 Å². The van der Waals surface area contributed by atoms with Crippen molar-refractivity contribution in [2.45, 2.75) is 26.2 Å². The Morgan fingerprint density at radius 2 is 1.92 bits per heavy atom. The number of amidine groups is 1. The summed E-state index contributed by atoms with van der Waals surface area (Å²) in [5.74, 6) is 1.16.